The SMILES string of the molecule is COc1ccc(C(C)(C)c2ccc(OC(=O)c3ccc4cc(C(=O)Oc5ccc(C(C)(C)c6ccc(OC(=O)c7ccc(C(C)=O)c8ccccc78)cc6)cc5)ccc4c3)cc2)cc1. The van der Waals surface area contributed by atoms with E-state index >= 15 is 0 Å². The Bertz CT molecular complexity index is 3050. The van der Waals surface area contributed by atoms with E-state index in [9.17, 15) is 19.2 Å². The van der Waals surface area contributed by atoms with E-state index in [1.165, 1.54) is 6.92 Å². The van der Waals surface area contributed by atoms with Gasteiger partial charge in [0.25, 0.3) is 0 Å². The van der Waals surface area contributed by atoms with Gasteiger partial charge in [-0.25, -0.2) is 14.4 Å². The Balaban J connectivity index is 0.877. The molecule has 0 N–H and O–H groups in total. The number of esters is 3. The molecule has 0 spiro atoms. The number of ketones is 1. The number of rotatable bonds is 12. The number of carbonyl (C=O) groups is 4. The number of hydrogen-bond donors (Lipinski definition) is 0. The van der Waals surface area contributed by atoms with E-state index in [2.05, 4.69) is 39.8 Å². The predicted molar refractivity (Wildman–Crippen MR) is 249 cm³/mol. The van der Waals surface area contributed by atoms with E-state index in [1.807, 2.05) is 72.8 Å². The van der Waals surface area contributed by atoms with Crippen molar-refractivity contribution in [2.75, 3.05) is 7.11 Å². The van der Waals surface area contributed by atoms with Crippen molar-refractivity contribution in [3.05, 3.63) is 214 Å². The van der Waals surface area contributed by atoms with Gasteiger partial charge in [-0.2, -0.15) is 0 Å². The number of hydrogen-bond acceptors (Lipinski definition) is 8. The van der Waals surface area contributed by atoms with Gasteiger partial charge in [0.2, 0.25) is 0 Å². The molecule has 8 aromatic carbocycles. The van der Waals surface area contributed by atoms with Crippen LogP contribution in [-0.4, -0.2) is 30.8 Å². The molecule has 0 amide bonds. The fraction of sp³-hybridized carbons (Fsp3) is 0.143. The number of methoxy groups -OCH3 is 1. The minimum absolute atomic E-state index is 0.0740. The van der Waals surface area contributed by atoms with Crippen molar-refractivity contribution >= 4 is 45.2 Å². The van der Waals surface area contributed by atoms with E-state index in [0.717, 1.165) is 38.8 Å². The molecule has 0 aliphatic carbocycles. The molecule has 8 nitrogen and oxygen atoms in total. The zero-order valence-electron chi connectivity index (χ0n) is 36.4. The minimum atomic E-state index is -0.511. The Morgan fingerprint density at radius 3 is 1.11 bits per heavy atom. The van der Waals surface area contributed by atoms with Crippen LogP contribution in [0.25, 0.3) is 21.5 Å². The highest BCUT2D eigenvalue weighted by Crippen LogP contribution is 2.36. The Labute approximate surface area is 372 Å². The Hall–Kier alpha value is -7.84. The second-order valence-electron chi connectivity index (χ2n) is 16.8. The Morgan fingerprint density at radius 1 is 0.391 bits per heavy atom. The van der Waals surface area contributed by atoms with Crippen LogP contribution in [-0.2, 0) is 10.8 Å². The Kier molecular flexibility index (Phi) is 11.7. The van der Waals surface area contributed by atoms with Gasteiger partial charge in [-0.05, 0) is 136 Å². The number of carbonyl (C=O) groups excluding carboxylic acids is 4. The molecule has 64 heavy (non-hydrogen) atoms. The average Bonchev–Trinajstić information content (AvgIpc) is 3.31. The summed E-state index contributed by atoms with van der Waals surface area (Å²) in [7, 11) is 1.65. The lowest BCUT2D eigenvalue weighted by Gasteiger charge is -2.26. The van der Waals surface area contributed by atoms with Gasteiger partial charge in [0.05, 0.1) is 23.8 Å². The number of fused-ring (bicyclic) bond motifs is 2. The largest absolute Gasteiger partial charge is 0.497 e. The summed E-state index contributed by atoms with van der Waals surface area (Å²) >= 11 is 0. The molecule has 0 saturated carbocycles. The number of ether oxygens (including phenoxy) is 4. The lowest BCUT2D eigenvalue weighted by molar-refractivity contribution is 0.0725. The summed E-state index contributed by atoms with van der Waals surface area (Å²) < 4.78 is 22.6. The third-order valence-electron chi connectivity index (χ3n) is 12.0. The second kappa shape index (κ2) is 17.5. The normalized spacial score (nSPS) is 11.5. The van der Waals surface area contributed by atoms with Crippen molar-refractivity contribution in [2.24, 2.45) is 0 Å². The van der Waals surface area contributed by atoms with Crippen molar-refractivity contribution in [1.82, 2.24) is 0 Å². The first-order valence-corrected chi connectivity index (χ1v) is 20.9. The maximum Gasteiger partial charge on any atom is 0.344 e. The van der Waals surface area contributed by atoms with Gasteiger partial charge in [0.15, 0.2) is 5.78 Å². The molecule has 0 fully saturated rings. The number of Topliss-reactive ketones (excluding diaryl/α,β-unsaturated/α-hetero) is 1. The molecule has 8 aromatic rings. The molecule has 0 unspecified atom stereocenters. The third-order valence-corrected chi connectivity index (χ3v) is 12.0. The van der Waals surface area contributed by atoms with Gasteiger partial charge in [-0.1, -0.05) is 113 Å². The zero-order valence-corrected chi connectivity index (χ0v) is 36.4. The lowest BCUT2D eigenvalue weighted by atomic mass is 9.78. The molecule has 0 radical (unpaired) electrons. The quantitative estimate of drug-likeness (QED) is 0.0680. The molecule has 8 rings (SSSR count). The molecule has 0 aromatic heterocycles. The number of benzene rings is 8. The maximum atomic E-state index is 13.3. The first-order chi connectivity index (χ1) is 30.7. The van der Waals surface area contributed by atoms with Crippen molar-refractivity contribution < 1.29 is 38.1 Å². The summed E-state index contributed by atoms with van der Waals surface area (Å²) in [5.41, 5.74) is 5.16. The molecule has 0 aliphatic heterocycles. The average molecular weight is 847 g/mol. The summed E-state index contributed by atoms with van der Waals surface area (Å²) in [5.74, 6) is 0.449. The van der Waals surface area contributed by atoms with Gasteiger partial charge < -0.3 is 18.9 Å². The van der Waals surface area contributed by atoms with E-state index < -0.39 is 23.3 Å². The summed E-state index contributed by atoms with van der Waals surface area (Å²) in [6.07, 6.45) is 0. The Morgan fingerprint density at radius 2 is 0.734 bits per heavy atom. The van der Waals surface area contributed by atoms with Crippen LogP contribution < -0.4 is 18.9 Å². The van der Waals surface area contributed by atoms with Crippen LogP contribution in [0.1, 0.15) is 98.3 Å². The van der Waals surface area contributed by atoms with Gasteiger partial charge >= 0.3 is 17.9 Å². The van der Waals surface area contributed by atoms with Crippen LogP contribution in [0, 0.1) is 0 Å². The van der Waals surface area contributed by atoms with Crippen molar-refractivity contribution in [3.8, 4) is 23.0 Å². The highest BCUT2D eigenvalue weighted by atomic mass is 16.5. The van der Waals surface area contributed by atoms with Crippen LogP contribution in [0.5, 0.6) is 23.0 Å². The molecular formula is C56H46O8. The van der Waals surface area contributed by atoms with Crippen LogP contribution in [0.2, 0.25) is 0 Å². The van der Waals surface area contributed by atoms with Crippen LogP contribution >= 0.6 is 0 Å². The van der Waals surface area contributed by atoms with E-state index in [0.29, 0.717) is 50.3 Å². The summed E-state index contributed by atoms with van der Waals surface area (Å²) in [6, 6.07) is 51.3. The molecule has 318 valence electrons. The van der Waals surface area contributed by atoms with Gasteiger partial charge in [-0.3, -0.25) is 4.79 Å². The minimum Gasteiger partial charge on any atom is -0.497 e. The van der Waals surface area contributed by atoms with Crippen molar-refractivity contribution in [2.45, 2.75) is 45.4 Å². The monoisotopic (exact) mass is 846 g/mol. The molecular weight excluding hydrogens is 801 g/mol. The standard InChI is InChI=1S/C56H46O8/c1-35(57)48-31-32-51(50-10-8-7-9-49(48)50)54(60)64-47-29-21-43(22-30-47)56(4,5)42-19-27-46(28-20-42)63-53(59)39-14-12-36-33-38(13-11-37(36)34-39)52(58)62-45-25-17-41(18-26-45)55(2,3)40-15-23-44(61-6)24-16-40/h7-34H,1-6H3. The molecule has 8 heteroatoms. The fourth-order valence-electron chi connectivity index (χ4n) is 7.94. The summed E-state index contributed by atoms with van der Waals surface area (Å²) in [6.45, 7) is 9.96. The third kappa shape index (κ3) is 8.76. The second-order valence-corrected chi connectivity index (χ2v) is 16.8. The molecule has 0 atom stereocenters. The van der Waals surface area contributed by atoms with Gasteiger partial charge in [0, 0.05) is 16.4 Å². The van der Waals surface area contributed by atoms with Gasteiger partial charge in [0.1, 0.15) is 23.0 Å². The summed E-state index contributed by atoms with van der Waals surface area (Å²) in [5, 5.41) is 2.90. The highest BCUT2D eigenvalue weighted by molar-refractivity contribution is 6.13. The molecule has 0 saturated heterocycles. The maximum absolute atomic E-state index is 13.3. The van der Waals surface area contributed by atoms with E-state index in [-0.39, 0.29) is 11.2 Å². The van der Waals surface area contributed by atoms with E-state index in [1.54, 1.807) is 92.0 Å². The first kappa shape index (κ1) is 42.8. The van der Waals surface area contributed by atoms with Gasteiger partial charge in [-0.15, -0.1) is 0 Å². The molecule has 0 bridgehead atoms. The fourth-order valence-corrected chi connectivity index (χ4v) is 7.94. The predicted octanol–water partition coefficient (Wildman–Crippen LogP) is 12.5. The van der Waals surface area contributed by atoms with Crippen molar-refractivity contribution in [3.63, 3.8) is 0 Å². The summed E-state index contributed by atoms with van der Waals surface area (Å²) in [4.78, 5) is 51.9. The first-order valence-electron chi connectivity index (χ1n) is 20.9. The molecule has 0 heterocycles. The highest BCUT2D eigenvalue weighted by Gasteiger charge is 2.25. The van der Waals surface area contributed by atoms with Crippen molar-refractivity contribution in [1.29, 1.82) is 0 Å². The smallest absolute Gasteiger partial charge is 0.344 e. The zero-order chi connectivity index (χ0) is 45.2. The van der Waals surface area contributed by atoms with Crippen LogP contribution in [0.3, 0.4) is 0 Å². The lowest BCUT2D eigenvalue weighted by Crippen LogP contribution is -2.19. The molecule has 0 aliphatic rings. The van der Waals surface area contributed by atoms with Crippen LogP contribution in [0.4, 0.5) is 0 Å². The topological polar surface area (TPSA) is 105 Å². The van der Waals surface area contributed by atoms with E-state index in [4.69, 9.17) is 18.9 Å². The van der Waals surface area contributed by atoms with Crippen LogP contribution in [0.15, 0.2) is 170 Å².